The van der Waals surface area contributed by atoms with Gasteiger partial charge in [0.05, 0.1) is 0 Å². The van der Waals surface area contributed by atoms with Gasteiger partial charge in [0, 0.05) is 29.8 Å². The summed E-state index contributed by atoms with van der Waals surface area (Å²) in [6.07, 6.45) is 5.28. The van der Waals surface area contributed by atoms with Crippen LogP contribution in [0.5, 0.6) is 0 Å². The topological polar surface area (TPSA) is 15.3 Å². The fourth-order valence-electron chi connectivity index (χ4n) is 4.52. The van der Waals surface area contributed by atoms with Crippen LogP contribution < -0.4 is 5.32 Å². The third-order valence-corrected chi connectivity index (χ3v) is 6.37. The molecule has 0 spiro atoms. The summed E-state index contributed by atoms with van der Waals surface area (Å²) in [6.45, 7) is 10.3. The molecule has 0 amide bonds. The van der Waals surface area contributed by atoms with Crippen LogP contribution in [0.1, 0.15) is 67.9 Å². The molecule has 162 valence electrons. The number of halogens is 1. The molecule has 1 saturated carbocycles. The molecule has 3 heteroatoms. The molecule has 1 aliphatic heterocycles. The van der Waals surface area contributed by atoms with Gasteiger partial charge in [-0.1, -0.05) is 74.9 Å². The second-order valence-electron chi connectivity index (χ2n) is 8.33. The monoisotopic (exact) mass is 408 g/mol. The number of benzene rings is 2. The van der Waals surface area contributed by atoms with Crippen molar-refractivity contribution in [3.8, 4) is 0 Å². The second-order valence-corrected chi connectivity index (χ2v) is 8.33. The molecule has 2 aliphatic rings. The molecule has 2 nitrogen and oxygen atoms in total. The maximum Gasteiger partial charge on any atom is 0.160 e. The van der Waals surface area contributed by atoms with Crippen LogP contribution in [0.3, 0.4) is 0 Å². The molecule has 1 unspecified atom stereocenters. The maximum atomic E-state index is 14.5. The lowest BCUT2D eigenvalue weighted by molar-refractivity contribution is 0.228. The van der Waals surface area contributed by atoms with Gasteiger partial charge in [0.25, 0.3) is 0 Å². The largest absolute Gasteiger partial charge is 0.367 e. The van der Waals surface area contributed by atoms with Crippen molar-refractivity contribution < 1.29 is 4.39 Å². The van der Waals surface area contributed by atoms with Gasteiger partial charge in [-0.15, -0.1) is 0 Å². The van der Waals surface area contributed by atoms with Gasteiger partial charge in [-0.3, -0.25) is 5.32 Å². The summed E-state index contributed by atoms with van der Waals surface area (Å²) in [5.41, 5.74) is 7.51. The highest BCUT2D eigenvalue weighted by atomic mass is 19.1. The predicted molar refractivity (Wildman–Crippen MR) is 126 cm³/mol. The first-order valence-electron chi connectivity index (χ1n) is 11.5. The van der Waals surface area contributed by atoms with E-state index in [4.69, 9.17) is 0 Å². The van der Waals surface area contributed by atoms with Gasteiger partial charge in [0.1, 0.15) is 0 Å². The Morgan fingerprint density at radius 1 is 1.13 bits per heavy atom. The number of nitrogens with one attached hydrogen (secondary N) is 1. The lowest BCUT2D eigenvalue weighted by Crippen LogP contribution is -2.34. The second kappa shape index (κ2) is 9.78. The van der Waals surface area contributed by atoms with E-state index in [2.05, 4.69) is 72.6 Å². The van der Waals surface area contributed by atoms with Crippen LogP contribution in [0.2, 0.25) is 0 Å². The first kappa shape index (κ1) is 22.6. The highest BCUT2D eigenvalue weighted by Crippen LogP contribution is 2.52. The summed E-state index contributed by atoms with van der Waals surface area (Å²) in [4.78, 5) is 2.49. The molecule has 0 aromatic heterocycles. The summed E-state index contributed by atoms with van der Waals surface area (Å²) in [7, 11) is 1.72. The van der Waals surface area contributed by atoms with E-state index in [1.54, 1.807) is 7.05 Å². The predicted octanol–water partition coefficient (Wildman–Crippen LogP) is 6.38. The fraction of sp³-hybridized carbons (Fsp3) is 0.481. The van der Waals surface area contributed by atoms with Crippen molar-refractivity contribution >= 4 is 5.70 Å². The van der Waals surface area contributed by atoms with Gasteiger partial charge >= 0.3 is 0 Å². The molecule has 1 aliphatic carbocycles. The highest BCUT2D eigenvalue weighted by Gasteiger charge is 2.51. The first-order valence-corrected chi connectivity index (χ1v) is 11.5. The minimum absolute atomic E-state index is 0.308. The Hall–Kier alpha value is -2.13. The van der Waals surface area contributed by atoms with Gasteiger partial charge in [-0.2, -0.15) is 0 Å². The van der Waals surface area contributed by atoms with Crippen LogP contribution >= 0.6 is 0 Å². The molecule has 4 rings (SSSR count). The van der Waals surface area contributed by atoms with Crippen LogP contribution in [0.4, 0.5) is 4.39 Å². The van der Waals surface area contributed by atoms with Crippen LogP contribution in [0, 0.1) is 6.92 Å². The Balaban J connectivity index is 0.00000124. The summed E-state index contributed by atoms with van der Waals surface area (Å²) in [6, 6.07) is 15.5. The third-order valence-electron chi connectivity index (χ3n) is 6.37. The zero-order valence-electron chi connectivity index (χ0n) is 19.3. The number of fused-ring (bicyclic) bond motifs is 1. The number of alkyl halides is 1. The Morgan fingerprint density at radius 2 is 1.83 bits per heavy atom. The molecule has 0 radical (unpaired) electrons. The Labute approximate surface area is 182 Å². The molecule has 0 saturated heterocycles. The molecule has 1 fully saturated rings. The van der Waals surface area contributed by atoms with Crippen LogP contribution in [0.15, 0.2) is 48.5 Å². The van der Waals surface area contributed by atoms with Crippen molar-refractivity contribution in [2.45, 2.75) is 71.6 Å². The average molecular weight is 409 g/mol. The number of nitrogens with zero attached hydrogens (tertiary/aromatic N) is 1. The zero-order valence-corrected chi connectivity index (χ0v) is 19.3. The van der Waals surface area contributed by atoms with E-state index >= 15 is 0 Å². The van der Waals surface area contributed by atoms with E-state index in [0.29, 0.717) is 0 Å². The number of rotatable bonds is 6. The van der Waals surface area contributed by atoms with E-state index in [9.17, 15) is 4.39 Å². The van der Waals surface area contributed by atoms with E-state index in [0.717, 1.165) is 44.3 Å². The molecule has 30 heavy (non-hydrogen) atoms. The lowest BCUT2D eigenvalue weighted by atomic mass is 9.87. The van der Waals surface area contributed by atoms with Crippen molar-refractivity contribution in [3.63, 3.8) is 0 Å². The number of hydrogen-bond donors (Lipinski definition) is 1. The smallest absolute Gasteiger partial charge is 0.160 e. The number of aryl methyl sites for hydroxylation is 1. The van der Waals surface area contributed by atoms with Crippen LogP contribution in [0.25, 0.3) is 5.70 Å². The summed E-state index contributed by atoms with van der Waals surface area (Å²) >= 11 is 0. The molecule has 1 heterocycles. The van der Waals surface area contributed by atoms with Gasteiger partial charge in [-0.05, 0) is 56.3 Å². The Kier molecular flexibility index (Phi) is 7.36. The van der Waals surface area contributed by atoms with Crippen molar-refractivity contribution in [1.29, 1.82) is 0 Å². The van der Waals surface area contributed by atoms with Gasteiger partial charge in [0.2, 0.25) is 0 Å². The van der Waals surface area contributed by atoms with E-state index in [1.165, 1.54) is 28.0 Å². The van der Waals surface area contributed by atoms with Gasteiger partial charge in [0.15, 0.2) is 6.30 Å². The first-order chi connectivity index (χ1) is 14.6. The van der Waals surface area contributed by atoms with Gasteiger partial charge in [-0.25, -0.2) is 4.39 Å². The summed E-state index contributed by atoms with van der Waals surface area (Å²) in [5, 5.41) is 2.83. The van der Waals surface area contributed by atoms with Gasteiger partial charge < -0.3 is 4.90 Å². The lowest BCUT2D eigenvalue weighted by Gasteiger charge is -2.34. The minimum Gasteiger partial charge on any atom is -0.367 e. The SMILES string of the molecule is CC.CC/C=C1/c2ccc(C3(C(F)NC)CC3)cc2CCN1Cc1ccc(C)cc1. The molecule has 1 N–H and O–H groups in total. The standard InChI is InChI=1S/C25H31FN2.C2H6/c1-4-5-23-22-11-10-21(25(13-14-25)24(26)27-3)16-20(22)12-15-28(23)17-19-8-6-18(2)7-9-19;1-2/h5-11,16,24,27H,4,12-15,17H2,1-3H3;1-2H3/b23-5-;. The van der Waals surface area contributed by atoms with E-state index in [1.807, 2.05) is 13.8 Å². The van der Waals surface area contributed by atoms with Crippen molar-refractivity contribution in [1.82, 2.24) is 10.2 Å². The third kappa shape index (κ3) is 4.46. The molecule has 0 bridgehead atoms. The highest BCUT2D eigenvalue weighted by molar-refractivity contribution is 5.69. The van der Waals surface area contributed by atoms with Crippen molar-refractivity contribution in [3.05, 3.63) is 76.4 Å². The number of likely N-dealkylation sites (N-methyl/N-ethyl adjacent to an activating group) is 1. The van der Waals surface area contributed by atoms with Crippen molar-refractivity contribution in [2.24, 2.45) is 0 Å². The van der Waals surface area contributed by atoms with Crippen LogP contribution in [-0.2, 0) is 18.4 Å². The molecule has 2 aromatic rings. The number of allylic oxidation sites excluding steroid dienone is 1. The molecular weight excluding hydrogens is 371 g/mol. The molecular formula is C27H37FN2. The fourth-order valence-corrected chi connectivity index (χ4v) is 4.52. The summed E-state index contributed by atoms with van der Waals surface area (Å²) < 4.78 is 14.5. The average Bonchev–Trinajstić information content (AvgIpc) is 3.59. The number of hydrogen-bond acceptors (Lipinski definition) is 2. The van der Waals surface area contributed by atoms with Crippen molar-refractivity contribution in [2.75, 3.05) is 13.6 Å². The molecule has 2 aromatic carbocycles. The maximum absolute atomic E-state index is 14.5. The Bertz CT molecular complexity index is 865. The van der Waals surface area contributed by atoms with Crippen LogP contribution in [-0.4, -0.2) is 24.8 Å². The Morgan fingerprint density at radius 3 is 2.43 bits per heavy atom. The normalized spacial score (nSPS) is 19.0. The summed E-state index contributed by atoms with van der Waals surface area (Å²) in [5.74, 6) is 0. The minimum atomic E-state index is -0.960. The zero-order chi connectivity index (χ0) is 21.7. The molecule has 1 atom stereocenters. The quantitative estimate of drug-likeness (QED) is 0.558. The van der Waals surface area contributed by atoms with E-state index < -0.39 is 6.30 Å². The van der Waals surface area contributed by atoms with E-state index in [-0.39, 0.29) is 5.41 Å².